The molecule has 0 aromatic rings. The molecular weight excluding hydrogens is 155 g/mol. The molecular formula is C4H5BF3K. The van der Waals surface area contributed by atoms with Crippen LogP contribution >= 0.6 is 0 Å². The zero-order valence-electron chi connectivity index (χ0n) is 5.20. The van der Waals surface area contributed by atoms with Crippen molar-refractivity contribution in [1.82, 2.24) is 0 Å². The van der Waals surface area contributed by atoms with Crippen LogP contribution in [0.2, 0.25) is 0 Å². The minimum absolute atomic E-state index is 0. The summed E-state index contributed by atoms with van der Waals surface area (Å²) in [4.78, 5) is 0. The van der Waals surface area contributed by atoms with Gasteiger partial charge >= 0.3 is 58.4 Å². The summed E-state index contributed by atoms with van der Waals surface area (Å²) >= 11 is 0. The Morgan fingerprint density at radius 1 is 1.22 bits per heavy atom. The Hall–Kier alpha value is 1.23. The molecule has 0 aliphatic heterocycles. The zero-order chi connectivity index (χ0) is 6.20. The van der Waals surface area contributed by atoms with E-state index >= 15 is 0 Å². The number of halogens is 3. The molecule has 1 fully saturated rings. The molecule has 0 unspecified atom stereocenters. The van der Waals surface area contributed by atoms with Crippen LogP contribution in [0.5, 0.6) is 0 Å². The molecule has 0 heterocycles. The summed E-state index contributed by atoms with van der Waals surface area (Å²) in [5, 5.41) is 0. The van der Waals surface area contributed by atoms with Gasteiger partial charge in [-0.1, -0.05) is 0 Å². The van der Waals surface area contributed by atoms with Gasteiger partial charge < -0.3 is 12.9 Å². The number of hydrogen-bond acceptors (Lipinski definition) is 0. The van der Waals surface area contributed by atoms with E-state index in [1.165, 1.54) is 0 Å². The molecule has 0 saturated heterocycles. The first-order chi connectivity index (χ1) is 3.58. The molecule has 9 heavy (non-hydrogen) atoms. The first-order valence-corrected chi connectivity index (χ1v) is 2.48. The maximum absolute atomic E-state index is 11.3. The molecule has 0 aromatic heterocycles. The predicted octanol–water partition coefficient (Wildman–Crippen LogP) is -0.903. The second kappa shape index (κ2) is 3.57. The van der Waals surface area contributed by atoms with Crippen molar-refractivity contribution in [3.05, 3.63) is 11.5 Å². The van der Waals surface area contributed by atoms with Crippen LogP contribution in [-0.4, -0.2) is 6.98 Å². The Morgan fingerprint density at radius 3 is 1.78 bits per heavy atom. The van der Waals surface area contributed by atoms with E-state index in [0.29, 0.717) is 24.4 Å². The van der Waals surface area contributed by atoms with E-state index in [4.69, 9.17) is 0 Å². The van der Waals surface area contributed by atoms with Crippen molar-refractivity contribution in [2.75, 3.05) is 0 Å². The van der Waals surface area contributed by atoms with Crippen molar-refractivity contribution in [1.29, 1.82) is 0 Å². The average Bonchev–Trinajstić information content (AvgIpc) is 2.12. The first-order valence-electron chi connectivity index (χ1n) is 2.48. The molecule has 1 saturated carbocycles. The molecule has 1 rings (SSSR count). The molecule has 5 heteroatoms. The minimum Gasteiger partial charge on any atom is -0.445 e. The molecule has 0 aromatic carbocycles. The molecule has 1 aliphatic rings. The predicted molar refractivity (Wildman–Crippen MR) is 26.4 cm³/mol. The van der Waals surface area contributed by atoms with E-state index in [-0.39, 0.29) is 51.4 Å². The van der Waals surface area contributed by atoms with Crippen LogP contribution in [0.4, 0.5) is 12.9 Å². The van der Waals surface area contributed by atoms with Gasteiger partial charge in [-0.05, 0) is 12.8 Å². The minimum atomic E-state index is -4.64. The third-order valence-electron chi connectivity index (χ3n) is 0.963. The number of rotatable bonds is 1. The molecule has 0 nitrogen and oxygen atoms in total. The Kier molecular flexibility index (Phi) is 4.06. The summed E-state index contributed by atoms with van der Waals surface area (Å²) in [7, 11) is 0. The van der Waals surface area contributed by atoms with Gasteiger partial charge in [0.1, 0.15) is 0 Å². The van der Waals surface area contributed by atoms with Crippen LogP contribution in [0.3, 0.4) is 0 Å². The van der Waals surface area contributed by atoms with E-state index in [1.54, 1.807) is 0 Å². The standard InChI is InChI=1S/C4H5BF3.K/c6-5(7,8)3-4-1-2-4;/h3H,1-2H2;/q-1;+1. The summed E-state index contributed by atoms with van der Waals surface area (Å²) in [6.45, 7) is -4.64. The van der Waals surface area contributed by atoms with Crippen molar-refractivity contribution < 1.29 is 64.3 Å². The SMILES string of the molecule is F[B-](F)(F)C=C1CC1.[K+]. The molecule has 0 bridgehead atoms. The van der Waals surface area contributed by atoms with E-state index in [9.17, 15) is 12.9 Å². The molecule has 46 valence electrons. The van der Waals surface area contributed by atoms with Gasteiger partial charge in [-0.3, -0.25) is 0 Å². The summed E-state index contributed by atoms with van der Waals surface area (Å²) in [5.41, 5.74) is 0.553. The fourth-order valence-corrected chi connectivity index (χ4v) is 0.506. The van der Waals surface area contributed by atoms with Crippen LogP contribution in [0, 0.1) is 0 Å². The van der Waals surface area contributed by atoms with Gasteiger partial charge in [-0.2, -0.15) is 0 Å². The zero-order valence-corrected chi connectivity index (χ0v) is 8.33. The third kappa shape index (κ3) is 5.66. The summed E-state index contributed by atoms with van der Waals surface area (Å²) in [6.07, 6.45) is 1.31. The molecule has 0 N–H and O–H groups in total. The third-order valence-corrected chi connectivity index (χ3v) is 0.963. The molecule has 0 spiro atoms. The van der Waals surface area contributed by atoms with Crippen LogP contribution < -0.4 is 51.4 Å². The van der Waals surface area contributed by atoms with E-state index in [0.717, 1.165) is 0 Å². The van der Waals surface area contributed by atoms with Crippen molar-refractivity contribution in [2.24, 2.45) is 0 Å². The van der Waals surface area contributed by atoms with Crippen LogP contribution in [0.1, 0.15) is 12.8 Å². The summed E-state index contributed by atoms with van der Waals surface area (Å²) < 4.78 is 34.0. The topological polar surface area (TPSA) is 0 Å². The van der Waals surface area contributed by atoms with E-state index in [2.05, 4.69) is 0 Å². The number of hydrogen-bond donors (Lipinski definition) is 0. The maximum Gasteiger partial charge on any atom is 1.00 e. The Morgan fingerprint density at radius 2 is 1.67 bits per heavy atom. The van der Waals surface area contributed by atoms with Crippen molar-refractivity contribution in [3.8, 4) is 0 Å². The van der Waals surface area contributed by atoms with Gasteiger partial charge in [0.2, 0.25) is 0 Å². The quantitative estimate of drug-likeness (QED) is 0.436. The first kappa shape index (κ1) is 10.2. The molecule has 1 aliphatic carbocycles. The average molecular weight is 160 g/mol. The van der Waals surface area contributed by atoms with Crippen molar-refractivity contribution >= 4 is 6.98 Å². The second-order valence-corrected chi connectivity index (χ2v) is 1.95. The fourth-order valence-electron chi connectivity index (χ4n) is 0.506. The number of allylic oxidation sites excluding steroid dienone is 1. The van der Waals surface area contributed by atoms with Crippen molar-refractivity contribution in [2.45, 2.75) is 12.8 Å². The Labute approximate surface area is 94.4 Å². The van der Waals surface area contributed by atoms with Gasteiger partial charge in [0.05, 0.1) is 0 Å². The van der Waals surface area contributed by atoms with E-state index < -0.39 is 6.98 Å². The molecule has 0 atom stereocenters. The largest absolute Gasteiger partial charge is 1.00 e. The molecule has 0 radical (unpaired) electrons. The van der Waals surface area contributed by atoms with Crippen LogP contribution in [0.15, 0.2) is 11.5 Å². The van der Waals surface area contributed by atoms with Crippen molar-refractivity contribution in [3.63, 3.8) is 0 Å². The van der Waals surface area contributed by atoms with Crippen LogP contribution in [-0.2, 0) is 0 Å². The second-order valence-electron chi connectivity index (χ2n) is 1.95. The fraction of sp³-hybridized carbons (Fsp3) is 0.500. The van der Waals surface area contributed by atoms with Gasteiger partial charge in [-0.15, -0.1) is 11.5 Å². The Bertz CT molecular complexity index is 122. The van der Waals surface area contributed by atoms with Gasteiger partial charge in [0, 0.05) is 0 Å². The smallest absolute Gasteiger partial charge is 0.445 e. The summed E-state index contributed by atoms with van der Waals surface area (Å²) in [5.74, 6) is 0.444. The van der Waals surface area contributed by atoms with Gasteiger partial charge in [0.15, 0.2) is 0 Å². The summed E-state index contributed by atoms with van der Waals surface area (Å²) in [6, 6.07) is 0. The van der Waals surface area contributed by atoms with E-state index in [1.807, 2.05) is 0 Å². The maximum atomic E-state index is 11.3. The van der Waals surface area contributed by atoms with Crippen LogP contribution in [0.25, 0.3) is 0 Å². The van der Waals surface area contributed by atoms with Gasteiger partial charge in [-0.25, -0.2) is 0 Å². The monoisotopic (exact) mass is 160 g/mol. The normalized spacial score (nSPS) is 16.6. The molecule has 0 amide bonds. The Balaban J connectivity index is 0.000000640. The van der Waals surface area contributed by atoms with Gasteiger partial charge in [0.25, 0.3) is 0 Å².